The quantitative estimate of drug-likeness (QED) is 0.667. The van der Waals surface area contributed by atoms with Gasteiger partial charge in [0.1, 0.15) is 5.78 Å². The lowest BCUT2D eigenvalue weighted by atomic mass is 9.54. The van der Waals surface area contributed by atoms with Crippen molar-refractivity contribution in [3.8, 4) is 0 Å². The number of ether oxygens (including phenoxy) is 1. The zero-order valence-corrected chi connectivity index (χ0v) is 9.36. The normalized spacial score (nSPS) is 38.4. The van der Waals surface area contributed by atoms with E-state index in [1.165, 1.54) is 0 Å². The van der Waals surface area contributed by atoms with Crippen LogP contribution in [-0.4, -0.2) is 18.4 Å². The van der Waals surface area contributed by atoms with Crippen LogP contribution in [0.1, 0.15) is 33.1 Å². The summed E-state index contributed by atoms with van der Waals surface area (Å²) in [7, 11) is 0. The molecule has 2 bridgehead atoms. The van der Waals surface area contributed by atoms with Gasteiger partial charge in [0.05, 0.1) is 13.0 Å². The molecule has 0 radical (unpaired) electrons. The zero-order valence-electron chi connectivity index (χ0n) is 9.36. The summed E-state index contributed by atoms with van der Waals surface area (Å²) >= 11 is 0. The van der Waals surface area contributed by atoms with Crippen LogP contribution in [0.15, 0.2) is 0 Å². The third-order valence-corrected chi connectivity index (χ3v) is 4.01. The molecular weight excluding hydrogens is 192 g/mol. The fraction of sp³-hybridized carbons (Fsp3) is 0.833. The Morgan fingerprint density at radius 2 is 2.20 bits per heavy atom. The van der Waals surface area contributed by atoms with E-state index in [0.717, 1.165) is 12.8 Å². The Hall–Kier alpha value is -0.860. The van der Waals surface area contributed by atoms with Crippen LogP contribution in [0.2, 0.25) is 0 Å². The van der Waals surface area contributed by atoms with Crippen LogP contribution >= 0.6 is 0 Å². The number of ketones is 1. The molecule has 3 nitrogen and oxygen atoms in total. The first kappa shape index (κ1) is 10.7. The third kappa shape index (κ3) is 1.80. The van der Waals surface area contributed by atoms with Crippen LogP contribution < -0.4 is 0 Å². The molecule has 84 valence electrons. The number of Topliss-reactive ketones (excluding diaryl/α,β-unsaturated/α-hetero) is 1. The third-order valence-electron chi connectivity index (χ3n) is 4.01. The van der Waals surface area contributed by atoms with E-state index in [4.69, 9.17) is 4.74 Å². The maximum atomic E-state index is 11.9. The number of carbonyl (C=O) groups is 2. The first-order valence-electron chi connectivity index (χ1n) is 5.82. The van der Waals surface area contributed by atoms with Gasteiger partial charge in [-0.3, -0.25) is 9.59 Å². The van der Waals surface area contributed by atoms with Crippen molar-refractivity contribution in [2.24, 2.45) is 23.7 Å². The largest absolute Gasteiger partial charge is 0.466 e. The Bertz CT molecular complexity index is 285. The molecule has 0 N–H and O–H groups in total. The molecule has 15 heavy (non-hydrogen) atoms. The van der Waals surface area contributed by atoms with Crippen LogP contribution in [-0.2, 0) is 14.3 Å². The first-order chi connectivity index (χ1) is 7.13. The highest BCUT2D eigenvalue weighted by Gasteiger charge is 2.50. The van der Waals surface area contributed by atoms with Crippen LogP contribution in [0.4, 0.5) is 0 Å². The molecule has 0 aromatic carbocycles. The maximum Gasteiger partial charge on any atom is 0.306 e. The average molecular weight is 210 g/mol. The van der Waals surface area contributed by atoms with E-state index in [-0.39, 0.29) is 17.8 Å². The topological polar surface area (TPSA) is 43.4 Å². The molecule has 3 rings (SSSR count). The summed E-state index contributed by atoms with van der Waals surface area (Å²) in [5.74, 6) is 1.50. The SMILES string of the molecule is CCOC(=O)C[C@H]1C[C@H]2C[C@@H](C1=O)C2C. The molecule has 1 unspecified atom stereocenters. The van der Waals surface area contributed by atoms with Crippen molar-refractivity contribution in [3.05, 3.63) is 0 Å². The second-order valence-corrected chi connectivity index (χ2v) is 4.81. The van der Waals surface area contributed by atoms with Gasteiger partial charge in [-0.2, -0.15) is 0 Å². The van der Waals surface area contributed by atoms with Gasteiger partial charge in [0.25, 0.3) is 0 Å². The van der Waals surface area contributed by atoms with Gasteiger partial charge < -0.3 is 4.74 Å². The lowest BCUT2D eigenvalue weighted by Crippen LogP contribution is -2.49. The minimum atomic E-state index is -0.218. The van der Waals surface area contributed by atoms with E-state index in [2.05, 4.69) is 6.92 Å². The summed E-state index contributed by atoms with van der Waals surface area (Å²) in [6.45, 7) is 4.35. The van der Waals surface area contributed by atoms with Crippen LogP contribution in [0.25, 0.3) is 0 Å². The van der Waals surface area contributed by atoms with Crippen molar-refractivity contribution in [1.82, 2.24) is 0 Å². The van der Waals surface area contributed by atoms with E-state index < -0.39 is 0 Å². The summed E-state index contributed by atoms with van der Waals surface area (Å²) in [5, 5.41) is 0. The fourth-order valence-corrected chi connectivity index (χ4v) is 2.96. The van der Waals surface area contributed by atoms with E-state index in [1.807, 2.05) is 0 Å². The molecule has 0 amide bonds. The van der Waals surface area contributed by atoms with Gasteiger partial charge in [0.2, 0.25) is 0 Å². The van der Waals surface area contributed by atoms with Crippen molar-refractivity contribution in [2.75, 3.05) is 6.61 Å². The van der Waals surface area contributed by atoms with Crippen molar-refractivity contribution in [2.45, 2.75) is 33.1 Å². The van der Waals surface area contributed by atoms with Gasteiger partial charge in [-0.1, -0.05) is 6.92 Å². The van der Waals surface area contributed by atoms with Crippen LogP contribution in [0.5, 0.6) is 0 Å². The molecule has 3 saturated carbocycles. The molecule has 0 spiro atoms. The highest BCUT2D eigenvalue weighted by Crippen LogP contribution is 2.51. The molecule has 3 fully saturated rings. The standard InChI is InChI=1S/C12H18O3/c1-3-15-11(13)6-9-4-8-5-10(7(8)2)12(9)14/h7-10H,3-6H2,1-2H3/t7?,8-,9+,10+/m0/s1. The first-order valence-corrected chi connectivity index (χ1v) is 5.82. The molecule has 4 atom stereocenters. The molecular formula is C12H18O3. The molecule has 0 heterocycles. The molecule has 3 aliphatic rings. The number of hydrogen-bond donors (Lipinski definition) is 0. The second-order valence-electron chi connectivity index (χ2n) is 4.81. The van der Waals surface area contributed by atoms with Gasteiger partial charge in [-0.15, -0.1) is 0 Å². The average Bonchev–Trinajstić information content (AvgIpc) is 2.20. The van der Waals surface area contributed by atoms with E-state index in [1.54, 1.807) is 6.92 Å². The number of fused-ring (bicyclic) bond motifs is 2. The Kier molecular flexibility index (Phi) is 2.81. The summed E-state index contributed by atoms with van der Waals surface area (Å²) in [6.07, 6.45) is 2.25. The lowest BCUT2D eigenvalue weighted by molar-refractivity contribution is -0.153. The second kappa shape index (κ2) is 3.95. The lowest BCUT2D eigenvalue weighted by Gasteiger charge is -2.49. The Morgan fingerprint density at radius 1 is 1.47 bits per heavy atom. The van der Waals surface area contributed by atoms with Crippen molar-refractivity contribution in [1.29, 1.82) is 0 Å². The van der Waals surface area contributed by atoms with Crippen LogP contribution in [0.3, 0.4) is 0 Å². The summed E-state index contributed by atoms with van der Waals surface area (Å²) in [5.41, 5.74) is 0. The number of hydrogen-bond acceptors (Lipinski definition) is 3. The van der Waals surface area contributed by atoms with Crippen molar-refractivity contribution >= 4 is 11.8 Å². The molecule has 3 aliphatic carbocycles. The molecule has 3 heteroatoms. The van der Waals surface area contributed by atoms with Crippen LogP contribution in [0, 0.1) is 23.7 Å². The van der Waals surface area contributed by atoms with E-state index >= 15 is 0 Å². The number of esters is 1. The highest BCUT2D eigenvalue weighted by atomic mass is 16.5. The minimum Gasteiger partial charge on any atom is -0.466 e. The molecule has 0 aromatic heterocycles. The van der Waals surface area contributed by atoms with E-state index in [0.29, 0.717) is 30.6 Å². The molecule has 0 aliphatic heterocycles. The van der Waals surface area contributed by atoms with E-state index in [9.17, 15) is 9.59 Å². The molecule has 0 saturated heterocycles. The Labute approximate surface area is 90.2 Å². The van der Waals surface area contributed by atoms with Gasteiger partial charge >= 0.3 is 5.97 Å². The maximum absolute atomic E-state index is 11.9. The number of rotatable bonds is 3. The monoisotopic (exact) mass is 210 g/mol. The zero-order chi connectivity index (χ0) is 11.0. The number of carbonyl (C=O) groups excluding carboxylic acids is 2. The van der Waals surface area contributed by atoms with Gasteiger partial charge in [-0.25, -0.2) is 0 Å². The van der Waals surface area contributed by atoms with Crippen molar-refractivity contribution < 1.29 is 14.3 Å². The summed E-state index contributed by atoms with van der Waals surface area (Å²) in [6, 6.07) is 0. The predicted molar refractivity (Wildman–Crippen MR) is 55.1 cm³/mol. The van der Waals surface area contributed by atoms with Crippen molar-refractivity contribution in [3.63, 3.8) is 0 Å². The van der Waals surface area contributed by atoms with Gasteiger partial charge in [0.15, 0.2) is 0 Å². The molecule has 0 aromatic rings. The fourth-order valence-electron chi connectivity index (χ4n) is 2.96. The van der Waals surface area contributed by atoms with Gasteiger partial charge in [0, 0.05) is 11.8 Å². The highest BCUT2D eigenvalue weighted by molar-refractivity contribution is 5.89. The summed E-state index contributed by atoms with van der Waals surface area (Å²) < 4.78 is 4.88. The summed E-state index contributed by atoms with van der Waals surface area (Å²) in [4.78, 5) is 23.2. The minimum absolute atomic E-state index is 0.0519. The predicted octanol–water partition coefficient (Wildman–Crippen LogP) is 1.80. The smallest absolute Gasteiger partial charge is 0.306 e. The van der Waals surface area contributed by atoms with Gasteiger partial charge in [-0.05, 0) is 31.6 Å². The Balaban J connectivity index is 1.90. The Morgan fingerprint density at radius 3 is 2.73 bits per heavy atom.